The molecular weight excluding hydrogens is 349 g/mol. The molecule has 17 heavy (non-hydrogen) atoms. The molecule has 0 spiro atoms. The zero-order valence-electron chi connectivity index (χ0n) is 9.11. The van der Waals surface area contributed by atoms with Gasteiger partial charge in [-0.2, -0.15) is 0 Å². The Morgan fingerprint density at radius 2 is 2.12 bits per heavy atom. The summed E-state index contributed by atoms with van der Waals surface area (Å²) in [6.07, 6.45) is 0.714. The van der Waals surface area contributed by atoms with Crippen molar-refractivity contribution < 1.29 is 4.79 Å². The van der Waals surface area contributed by atoms with E-state index in [2.05, 4.69) is 37.5 Å². The first kappa shape index (κ1) is 12.4. The third kappa shape index (κ3) is 3.01. The van der Waals surface area contributed by atoms with Gasteiger partial charge in [-0.1, -0.05) is 11.4 Å². The van der Waals surface area contributed by atoms with Crippen LogP contribution in [0.2, 0.25) is 0 Å². The van der Waals surface area contributed by atoms with Gasteiger partial charge in [0, 0.05) is 9.26 Å². The predicted octanol–water partition coefficient (Wildman–Crippen LogP) is 2.96. The maximum absolute atomic E-state index is 12.0. The number of nitrogens with zero attached hydrogens (tertiary/aromatic N) is 2. The number of amides is 1. The lowest BCUT2D eigenvalue weighted by Crippen LogP contribution is -2.12. The molecule has 1 heterocycles. The highest BCUT2D eigenvalue weighted by molar-refractivity contribution is 14.1. The zero-order chi connectivity index (χ0) is 12.3. The molecule has 0 saturated carbocycles. The summed E-state index contributed by atoms with van der Waals surface area (Å²) in [5.74, 6) is -0.141. The van der Waals surface area contributed by atoms with Crippen LogP contribution >= 0.6 is 34.1 Å². The zero-order valence-corrected chi connectivity index (χ0v) is 12.1. The summed E-state index contributed by atoms with van der Waals surface area (Å²) in [4.78, 5) is 12.5. The molecule has 0 bridgehead atoms. The van der Waals surface area contributed by atoms with Crippen molar-refractivity contribution in [2.75, 3.05) is 5.32 Å². The molecule has 0 aliphatic rings. The number of carbonyl (C=O) groups is 1. The minimum Gasteiger partial charge on any atom is -0.321 e. The molecule has 1 aromatic heterocycles. The first-order chi connectivity index (χ1) is 8.20. The summed E-state index contributed by atoms with van der Waals surface area (Å²) in [5, 5.41) is 6.75. The van der Waals surface area contributed by atoms with Crippen LogP contribution in [0.25, 0.3) is 0 Å². The highest BCUT2D eigenvalue weighted by Crippen LogP contribution is 2.16. The molecule has 0 saturated heterocycles. The molecule has 4 nitrogen and oxygen atoms in total. The number of anilines is 1. The van der Waals surface area contributed by atoms with Crippen LogP contribution in [0, 0.1) is 3.57 Å². The smallest absolute Gasteiger partial charge is 0.269 e. The number of aryl methyl sites for hydroxylation is 1. The number of rotatable bonds is 3. The van der Waals surface area contributed by atoms with E-state index in [1.165, 1.54) is 0 Å². The number of benzene rings is 1. The quantitative estimate of drug-likeness (QED) is 0.858. The molecular formula is C11H10IN3OS. The van der Waals surface area contributed by atoms with Crippen LogP contribution in [-0.4, -0.2) is 15.5 Å². The number of aromatic nitrogens is 2. The van der Waals surface area contributed by atoms with Gasteiger partial charge in [-0.05, 0) is 64.8 Å². The third-order valence-electron chi connectivity index (χ3n) is 2.20. The minimum atomic E-state index is -0.141. The van der Waals surface area contributed by atoms with Gasteiger partial charge in [-0.3, -0.25) is 4.79 Å². The molecule has 2 rings (SSSR count). The van der Waals surface area contributed by atoms with Crippen LogP contribution in [0.5, 0.6) is 0 Å². The van der Waals surface area contributed by atoms with E-state index in [0.29, 0.717) is 11.3 Å². The molecule has 0 fully saturated rings. The van der Waals surface area contributed by atoms with E-state index in [1.54, 1.807) is 0 Å². The first-order valence-corrected chi connectivity index (χ1v) is 6.94. The number of halogens is 1. The summed E-state index contributed by atoms with van der Waals surface area (Å²) in [6.45, 7) is 1.96. The van der Waals surface area contributed by atoms with Crippen LogP contribution in [0.4, 0.5) is 5.69 Å². The second-order valence-corrected chi connectivity index (χ2v) is 5.36. The predicted molar refractivity (Wildman–Crippen MR) is 76.4 cm³/mol. The summed E-state index contributed by atoms with van der Waals surface area (Å²) >= 11 is 3.35. The molecule has 1 N–H and O–H groups in total. The van der Waals surface area contributed by atoms with Crippen molar-refractivity contribution >= 4 is 45.7 Å². The largest absolute Gasteiger partial charge is 0.321 e. The molecule has 1 aromatic carbocycles. The summed E-state index contributed by atoms with van der Waals surface area (Å²) in [6, 6.07) is 7.64. The summed E-state index contributed by atoms with van der Waals surface area (Å²) in [7, 11) is 0. The lowest BCUT2D eigenvalue weighted by atomic mass is 10.2. The van der Waals surface area contributed by atoms with Gasteiger partial charge >= 0.3 is 0 Å². The Bertz CT molecular complexity index is 524. The van der Waals surface area contributed by atoms with Gasteiger partial charge < -0.3 is 5.32 Å². The van der Waals surface area contributed by atoms with Gasteiger partial charge in [-0.15, -0.1) is 5.10 Å². The fourth-order valence-corrected chi connectivity index (χ4v) is 2.34. The average molecular weight is 359 g/mol. The second kappa shape index (κ2) is 5.54. The maximum atomic E-state index is 12.0. The average Bonchev–Trinajstić information content (AvgIpc) is 2.80. The van der Waals surface area contributed by atoms with Crippen LogP contribution in [0.1, 0.15) is 22.3 Å². The van der Waals surface area contributed by atoms with Gasteiger partial charge in [0.15, 0.2) is 0 Å². The van der Waals surface area contributed by atoms with Crippen molar-refractivity contribution in [3.05, 3.63) is 38.4 Å². The van der Waals surface area contributed by atoms with Crippen molar-refractivity contribution in [1.82, 2.24) is 9.59 Å². The Hall–Kier alpha value is -1.02. The van der Waals surface area contributed by atoms with Crippen LogP contribution in [0.15, 0.2) is 24.3 Å². The molecule has 6 heteroatoms. The Balaban J connectivity index is 2.14. The van der Waals surface area contributed by atoms with Crippen LogP contribution in [0.3, 0.4) is 0 Å². The van der Waals surface area contributed by atoms with E-state index in [-0.39, 0.29) is 5.91 Å². The van der Waals surface area contributed by atoms with Crippen molar-refractivity contribution in [1.29, 1.82) is 0 Å². The molecule has 0 radical (unpaired) electrons. The van der Waals surface area contributed by atoms with Gasteiger partial charge in [0.05, 0.1) is 5.69 Å². The van der Waals surface area contributed by atoms with E-state index in [9.17, 15) is 4.79 Å². The molecule has 1 amide bonds. The van der Waals surface area contributed by atoms with Gasteiger partial charge in [0.1, 0.15) is 4.88 Å². The minimum absolute atomic E-state index is 0.141. The Morgan fingerprint density at radius 3 is 2.76 bits per heavy atom. The third-order valence-corrected chi connectivity index (χ3v) is 3.69. The summed E-state index contributed by atoms with van der Waals surface area (Å²) < 4.78 is 4.93. The standard InChI is InChI=1S/C11H10IN3OS/c1-2-9-10(17-15-14-9)11(16)13-8-5-3-7(12)4-6-8/h3-6H,2H2,1H3,(H,13,16). The van der Waals surface area contributed by atoms with Gasteiger partial charge in [0.25, 0.3) is 5.91 Å². The van der Waals surface area contributed by atoms with Crippen LogP contribution in [-0.2, 0) is 6.42 Å². The number of nitrogens with one attached hydrogen (secondary N) is 1. The Kier molecular flexibility index (Phi) is 4.06. The van der Waals surface area contributed by atoms with Gasteiger partial charge in [0.2, 0.25) is 0 Å². The highest BCUT2D eigenvalue weighted by Gasteiger charge is 2.14. The van der Waals surface area contributed by atoms with Crippen molar-refractivity contribution in [2.24, 2.45) is 0 Å². The summed E-state index contributed by atoms with van der Waals surface area (Å²) in [5.41, 5.74) is 1.53. The SMILES string of the molecule is CCc1nnsc1C(=O)Nc1ccc(I)cc1. The number of hydrogen-bond donors (Lipinski definition) is 1. The first-order valence-electron chi connectivity index (χ1n) is 5.09. The van der Waals surface area contributed by atoms with Gasteiger partial charge in [-0.25, -0.2) is 0 Å². The maximum Gasteiger partial charge on any atom is 0.269 e. The monoisotopic (exact) mass is 359 g/mol. The highest BCUT2D eigenvalue weighted by atomic mass is 127. The van der Waals surface area contributed by atoms with E-state index in [1.807, 2.05) is 31.2 Å². The molecule has 2 aromatic rings. The molecule has 0 atom stereocenters. The van der Waals surface area contributed by atoms with Crippen molar-refractivity contribution in [3.8, 4) is 0 Å². The fourth-order valence-electron chi connectivity index (χ4n) is 1.33. The Morgan fingerprint density at radius 1 is 1.41 bits per heavy atom. The molecule has 0 aliphatic carbocycles. The van der Waals surface area contributed by atoms with Crippen molar-refractivity contribution in [3.63, 3.8) is 0 Å². The normalized spacial score (nSPS) is 10.2. The molecule has 88 valence electrons. The molecule has 0 unspecified atom stereocenters. The lowest BCUT2D eigenvalue weighted by Gasteiger charge is -2.03. The fraction of sp³-hybridized carbons (Fsp3) is 0.182. The Labute approximate surface area is 117 Å². The van der Waals surface area contributed by atoms with E-state index in [0.717, 1.165) is 26.5 Å². The second-order valence-electron chi connectivity index (χ2n) is 3.36. The molecule has 0 aliphatic heterocycles. The van der Waals surface area contributed by atoms with E-state index in [4.69, 9.17) is 0 Å². The topological polar surface area (TPSA) is 54.9 Å². The number of carbonyl (C=O) groups excluding carboxylic acids is 1. The van der Waals surface area contributed by atoms with E-state index >= 15 is 0 Å². The number of hydrogen-bond acceptors (Lipinski definition) is 4. The lowest BCUT2D eigenvalue weighted by molar-refractivity contribution is 0.102. The van der Waals surface area contributed by atoms with Crippen molar-refractivity contribution in [2.45, 2.75) is 13.3 Å². The van der Waals surface area contributed by atoms with Crippen LogP contribution < -0.4 is 5.32 Å². The van der Waals surface area contributed by atoms with E-state index < -0.39 is 0 Å².